The number of hydrogen-bond acceptors (Lipinski definition) is 4. The SMILES string of the molecule is COC(=O)[C@H](CC(C)C)NC(=O)[C@@H]1CC(=O)N(Cc2ccccc2)C1. The molecule has 1 aliphatic heterocycles. The number of ether oxygens (including phenoxy) is 1. The van der Waals surface area contributed by atoms with E-state index in [4.69, 9.17) is 4.74 Å². The molecule has 6 nitrogen and oxygen atoms in total. The highest BCUT2D eigenvalue weighted by molar-refractivity contribution is 5.91. The van der Waals surface area contributed by atoms with Crippen molar-refractivity contribution in [2.75, 3.05) is 13.7 Å². The van der Waals surface area contributed by atoms with Crippen LogP contribution in [0, 0.1) is 11.8 Å². The second kappa shape index (κ2) is 8.65. The van der Waals surface area contributed by atoms with Crippen LogP contribution in [-0.4, -0.2) is 42.4 Å². The number of carbonyl (C=O) groups excluding carboxylic acids is 3. The highest BCUT2D eigenvalue weighted by atomic mass is 16.5. The molecule has 0 bridgehead atoms. The lowest BCUT2D eigenvalue weighted by Crippen LogP contribution is -2.45. The van der Waals surface area contributed by atoms with E-state index in [9.17, 15) is 14.4 Å². The predicted octanol–water partition coefficient (Wildman–Crippen LogP) is 1.74. The lowest BCUT2D eigenvalue weighted by atomic mass is 10.0. The number of likely N-dealkylation sites (tertiary alicyclic amines) is 1. The van der Waals surface area contributed by atoms with E-state index in [1.807, 2.05) is 44.2 Å². The summed E-state index contributed by atoms with van der Waals surface area (Å²) in [6.45, 7) is 4.82. The minimum Gasteiger partial charge on any atom is -0.467 e. The van der Waals surface area contributed by atoms with Crippen molar-refractivity contribution in [2.24, 2.45) is 11.8 Å². The molecule has 0 radical (unpaired) electrons. The van der Waals surface area contributed by atoms with Crippen LogP contribution >= 0.6 is 0 Å². The monoisotopic (exact) mass is 346 g/mol. The molecule has 2 rings (SSSR count). The molecule has 25 heavy (non-hydrogen) atoms. The third kappa shape index (κ3) is 5.31. The van der Waals surface area contributed by atoms with Gasteiger partial charge in [-0.15, -0.1) is 0 Å². The van der Waals surface area contributed by atoms with Gasteiger partial charge in [-0.2, -0.15) is 0 Å². The van der Waals surface area contributed by atoms with Crippen LogP contribution in [0.25, 0.3) is 0 Å². The second-order valence-electron chi connectivity index (χ2n) is 6.87. The van der Waals surface area contributed by atoms with Crippen molar-refractivity contribution in [3.63, 3.8) is 0 Å². The Morgan fingerprint density at radius 1 is 1.28 bits per heavy atom. The van der Waals surface area contributed by atoms with Gasteiger partial charge < -0.3 is 15.0 Å². The molecule has 1 aromatic carbocycles. The molecule has 1 N–H and O–H groups in total. The van der Waals surface area contributed by atoms with Crippen LogP contribution in [-0.2, 0) is 25.7 Å². The minimum absolute atomic E-state index is 0.0394. The van der Waals surface area contributed by atoms with Crippen molar-refractivity contribution in [3.8, 4) is 0 Å². The zero-order valence-electron chi connectivity index (χ0n) is 15.0. The maximum absolute atomic E-state index is 12.5. The molecule has 0 spiro atoms. The van der Waals surface area contributed by atoms with Gasteiger partial charge >= 0.3 is 5.97 Å². The van der Waals surface area contributed by atoms with Crippen LogP contribution in [0.4, 0.5) is 0 Å². The first-order valence-corrected chi connectivity index (χ1v) is 8.60. The number of esters is 1. The molecule has 6 heteroatoms. The largest absolute Gasteiger partial charge is 0.467 e. The Morgan fingerprint density at radius 2 is 1.96 bits per heavy atom. The third-order valence-electron chi connectivity index (χ3n) is 4.31. The van der Waals surface area contributed by atoms with Crippen molar-refractivity contribution in [2.45, 2.75) is 39.3 Å². The Bertz CT molecular complexity index is 615. The van der Waals surface area contributed by atoms with E-state index in [1.54, 1.807) is 4.90 Å². The average molecular weight is 346 g/mol. The van der Waals surface area contributed by atoms with Gasteiger partial charge in [0.05, 0.1) is 13.0 Å². The molecule has 1 fully saturated rings. The Morgan fingerprint density at radius 3 is 2.56 bits per heavy atom. The summed E-state index contributed by atoms with van der Waals surface area (Å²) in [5.74, 6) is -0.949. The molecule has 2 atom stereocenters. The molecular formula is C19H26N2O4. The number of carbonyl (C=O) groups is 3. The molecule has 0 aromatic heterocycles. The number of hydrogen-bond donors (Lipinski definition) is 1. The van der Waals surface area contributed by atoms with Gasteiger partial charge in [0.15, 0.2) is 0 Å². The fourth-order valence-electron chi connectivity index (χ4n) is 3.02. The lowest BCUT2D eigenvalue weighted by molar-refractivity contribution is -0.146. The molecular weight excluding hydrogens is 320 g/mol. The molecule has 1 saturated heterocycles. The zero-order chi connectivity index (χ0) is 18.4. The topological polar surface area (TPSA) is 75.7 Å². The van der Waals surface area contributed by atoms with Crippen molar-refractivity contribution in [1.82, 2.24) is 10.2 Å². The van der Waals surface area contributed by atoms with Gasteiger partial charge in [0.25, 0.3) is 0 Å². The van der Waals surface area contributed by atoms with Gasteiger partial charge in [-0.3, -0.25) is 9.59 Å². The summed E-state index contributed by atoms with van der Waals surface area (Å²) < 4.78 is 4.77. The van der Waals surface area contributed by atoms with Gasteiger partial charge in [0.2, 0.25) is 11.8 Å². The summed E-state index contributed by atoms with van der Waals surface area (Å²) in [4.78, 5) is 38.2. The summed E-state index contributed by atoms with van der Waals surface area (Å²) in [7, 11) is 1.31. The Hall–Kier alpha value is -2.37. The van der Waals surface area contributed by atoms with Gasteiger partial charge in [-0.05, 0) is 17.9 Å². The predicted molar refractivity (Wildman–Crippen MR) is 93.4 cm³/mol. The quantitative estimate of drug-likeness (QED) is 0.763. The summed E-state index contributed by atoms with van der Waals surface area (Å²) in [5.41, 5.74) is 1.03. The molecule has 0 unspecified atom stereocenters. The van der Waals surface area contributed by atoms with E-state index in [2.05, 4.69) is 5.32 Å². The van der Waals surface area contributed by atoms with E-state index in [1.165, 1.54) is 7.11 Å². The van der Waals surface area contributed by atoms with Crippen molar-refractivity contribution < 1.29 is 19.1 Å². The number of nitrogens with one attached hydrogen (secondary N) is 1. The molecule has 2 amide bonds. The van der Waals surface area contributed by atoms with E-state index in [-0.39, 0.29) is 24.2 Å². The van der Waals surface area contributed by atoms with E-state index >= 15 is 0 Å². The Balaban J connectivity index is 1.95. The number of benzene rings is 1. The van der Waals surface area contributed by atoms with E-state index in [0.717, 1.165) is 5.56 Å². The Kier molecular flexibility index (Phi) is 6.56. The van der Waals surface area contributed by atoms with Crippen molar-refractivity contribution in [3.05, 3.63) is 35.9 Å². The standard InChI is InChI=1S/C19H26N2O4/c1-13(2)9-16(19(24)25-3)20-18(23)15-10-17(22)21(12-15)11-14-7-5-4-6-8-14/h4-8,13,15-16H,9-12H2,1-3H3,(H,20,23)/t15-,16+/m1/s1. The van der Waals surface area contributed by atoms with Gasteiger partial charge in [0, 0.05) is 19.5 Å². The summed E-state index contributed by atoms with van der Waals surface area (Å²) >= 11 is 0. The fraction of sp³-hybridized carbons (Fsp3) is 0.526. The first-order valence-electron chi connectivity index (χ1n) is 8.60. The Labute approximate surface area is 148 Å². The van der Waals surface area contributed by atoms with Crippen LogP contribution in [0.15, 0.2) is 30.3 Å². The first-order chi connectivity index (χ1) is 11.9. The van der Waals surface area contributed by atoms with Crippen LogP contribution in [0.5, 0.6) is 0 Å². The molecule has 1 aromatic rings. The maximum atomic E-state index is 12.5. The molecule has 1 heterocycles. The third-order valence-corrected chi connectivity index (χ3v) is 4.31. The first kappa shape index (κ1) is 19.0. The van der Waals surface area contributed by atoms with Gasteiger partial charge in [-0.25, -0.2) is 4.79 Å². The summed E-state index contributed by atoms with van der Waals surface area (Å²) in [5, 5.41) is 2.75. The molecule has 0 saturated carbocycles. The number of nitrogens with zero attached hydrogens (tertiary/aromatic N) is 1. The smallest absolute Gasteiger partial charge is 0.328 e. The van der Waals surface area contributed by atoms with Crippen LogP contribution in [0.1, 0.15) is 32.3 Å². The normalized spacial score (nSPS) is 18.3. The minimum atomic E-state index is -0.671. The van der Waals surface area contributed by atoms with Crippen molar-refractivity contribution in [1.29, 1.82) is 0 Å². The number of rotatable bonds is 7. The average Bonchev–Trinajstić information content (AvgIpc) is 2.95. The van der Waals surface area contributed by atoms with Gasteiger partial charge in [-0.1, -0.05) is 44.2 Å². The maximum Gasteiger partial charge on any atom is 0.328 e. The van der Waals surface area contributed by atoms with Crippen LogP contribution < -0.4 is 5.32 Å². The summed E-state index contributed by atoms with van der Waals surface area (Å²) in [6.07, 6.45) is 0.682. The number of methoxy groups -OCH3 is 1. The highest BCUT2D eigenvalue weighted by Gasteiger charge is 2.36. The lowest BCUT2D eigenvalue weighted by Gasteiger charge is -2.20. The van der Waals surface area contributed by atoms with Crippen LogP contribution in [0.2, 0.25) is 0 Å². The molecule has 1 aliphatic rings. The number of amides is 2. The van der Waals surface area contributed by atoms with E-state index < -0.39 is 17.9 Å². The summed E-state index contributed by atoms with van der Waals surface area (Å²) in [6, 6.07) is 9.01. The van der Waals surface area contributed by atoms with Crippen LogP contribution in [0.3, 0.4) is 0 Å². The van der Waals surface area contributed by atoms with Gasteiger partial charge in [0.1, 0.15) is 6.04 Å². The zero-order valence-corrected chi connectivity index (χ0v) is 15.0. The highest BCUT2D eigenvalue weighted by Crippen LogP contribution is 2.21. The molecule has 136 valence electrons. The fourth-order valence-corrected chi connectivity index (χ4v) is 3.02. The second-order valence-corrected chi connectivity index (χ2v) is 6.87. The molecule has 0 aliphatic carbocycles. The van der Waals surface area contributed by atoms with E-state index in [0.29, 0.717) is 19.5 Å². The van der Waals surface area contributed by atoms with Crippen molar-refractivity contribution >= 4 is 17.8 Å².